The van der Waals surface area contributed by atoms with Crippen LogP contribution in [0.5, 0.6) is 0 Å². The van der Waals surface area contributed by atoms with Crippen molar-refractivity contribution in [1.29, 1.82) is 0 Å². The number of fused-ring (bicyclic) bond motifs is 1. The van der Waals surface area contributed by atoms with Crippen molar-refractivity contribution in [3.8, 4) is 11.4 Å². The van der Waals surface area contributed by atoms with Crippen molar-refractivity contribution < 1.29 is 4.79 Å². The number of nitrogens with zero attached hydrogens (tertiary/aromatic N) is 3. The molecule has 5 nitrogen and oxygen atoms in total. The van der Waals surface area contributed by atoms with Crippen LogP contribution in [0, 0.1) is 0 Å². The molecule has 138 valence electrons. The number of hydrogen-bond acceptors (Lipinski definition) is 3. The van der Waals surface area contributed by atoms with Crippen LogP contribution in [0.1, 0.15) is 35.4 Å². The van der Waals surface area contributed by atoms with Crippen molar-refractivity contribution in [2.75, 3.05) is 5.32 Å². The summed E-state index contributed by atoms with van der Waals surface area (Å²) in [6.45, 7) is 0.932. The molecule has 1 amide bonds. The van der Waals surface area contributed by atoms with Crippen molar-refractivity contribution in [1.82, 2.24) is 14.8 Å². The number of nitrogens with one attached hydrogen (secondary N) is 1. The zero-order chi connectivity index (χ0) is 18.8. The molecule has 0 unspecified atom stereocenters. The van der Waals surface area contributed by atoms with Gasteiger partial charge in [0.25, 0.3) is 5.91 Å². The van der Waals surface area contributed by atoms with E-state index in [4.69, 9.17) is 11.6 Å². The number of rotatable bonds is 3. The molecule has 0 aliphatic carbocycles. The third kappa shape index (κ3) is 3.92. The molecule has 0 spiro atoms. The third-order valence-corrected chi connectivity index (χ3v) is 5.48. The van der Waals surface area contributed by atoms with Gasteiger partial charge in [-0.15, -0.1) is 10.2 Å². The molecule has 0 atom stereocenters. The van der Waals surface area contributed by atoms with Gasteiger partial charge in [-0.3, -0.25) is 4.79 Å². The number of anilines is 1. The van der Waals surface area contributed by atoms with Gasteiger partial charge < -0.3 is 9.88 Å². The highest BCUT2D eigenvalue weighted by atomic mass is 79.9. The standard InChI is InChI=1S/C20H18BrClN4O/c21-14-8-9-17(22)16(12-14)20(27)23-15-6-4-5-13(11-15)19-25-24-18-7-2-1-3-10-26(18)19/h4-6,8-9,11-12H,1-3,7,10H2,(H,23,27). The number of hydrogen-bond donors (Lipinski definition) is 1. The first-order valence-electron chi connectivity index (χ1n) is 8.91. The number of carbonyl (C=O) groups is 1. The Morgan fingerprint density at radius 2 is 2.00 bits per heavy atom. The molecule has 0 saturated carbocycles. The first-order chi connectivity index (χ1) is 13.1. The molecule has 0 radical (unpaired) electrons. The Hall–Kier alpha value is -2.18. The normalized spacial score (nSPS) is 13.7. The van der Waals surface area contributed by atoms with Crippen LogP contribution in [0.15, 0.2) is 46.9 Å². The number of halogens is 2. The van der Waals surface area contributed by atoms with Gasteiger partial charge in [-0.25, -0.2) is 0 Å². The lowest BCUT2D eigenvalue weighted by Crippen LogP contribution is -2.12. The highest BCUT2D eigenvalue weighted by Crippen LogP contribution is 2.26. The van der Waals surface area contributed by atoms with E-state index >= 15 is 0 Å². The van der Waals surface area contributed by atoms with E-state index in [0.29, 0.717) is 16.3 Å². The fraction of sp³-hybridized carbons (Fsp3) is 0.250. The third-order valence-electron chi connectivity index (χ3n) is 4.66. The van der Waals surface area contributed by atoms with Gasteiger partial charge in [0, 0.05) is 28.7 Å². The van der Waals surface area contributed by atoms with Crippen LogP contribution in [0.3, 0.4) is 0 Å². The highest BCUT2D eigenvalue weighted by molar-refractivity contribution is 9.10. The Balaban J connectivity index is 1.61. The lowest BCUT2D eigenvalue weighted by Gasteiger charge is -2.10. The van der Waals surface area contributed by atoms with E-state index < -0.39 is 0 Å². The van der Waals surface area contributed by atoms with E-state index in [1.165, 1.54) is 6.42 Å². The second kappa shape index (κ2) is 7.82. The van der Waals surface area contributed by atoms with Gasteiger partial charge in [-0.1, -0.05) is 46.1 Å². The maximum atomic E-state index is 12.6. The first kappa shape index (κ1) is 18.2. The molecular weight excluding hydrogens is 428 g/mol. The predicted octanol–water partition coefficient (Wildman–Crippen LogP) is 5.34. The van der Waals surface area contributed by atoms with Gasteiger partial charge >= 0.3 is 0 Å². The van der Waals surface area contributed by atoms with Crippen molar-refractivity contribution in [2.24, 2.45) is 0 Å². The zero-order valence-corrected chi connectivity index (χ0v) is 16.9. The van der Waals surface area contributed by atoms with E-state index in [-0.39, 0.29) is 5.91 Å². The van der Waals surface area contributed by atoms with Crippen LogP contribution < -0.4 is 5.32 Å². The van der Waals surface area contributed by atoms with Gasteiger partial charge in [0.1, 0.15) is 5.82 Å². The minimum Gasteiger partial charge on any atom is -0.322 e. The second-order valence-corrected chi connectivity index (χ2v) is 7.88. The zero-order valence-electron chi connectivity index (χ0n) is 14.6. The van der Waals surface area contributed by atoms with Crippen LogP contribution in [0.2, 0.25) is 5.02 Å². The topological polar surface area (TPSA) is 59.8 Å². The Labute approximate surface area is 170 Å². The molecule has 27 heavy (non-hydrogen) atoms. The summed E-state index contributed by atoms with van der Waals surface area (Å²) in [5.74, 6) is 1.64. The van der Waals surface area contributed by atoms with Crippen LogP contribution in [0.25, 0.3) is 11.4 Å². The summed E-state index contributed by atoms with van der Waals surface area (Å²) < 4.78 is 3.00. The Kier molecular flexibility index (Phi) is 5.27. The van der Waals surface area contributed by atoms with Crippen LogP contribution >= 0.6 is 27.5 Å². The van der Waals surface area contributed by atoms with Crippen LogP contribution in [-0.4, -0.2) is 20.7 Å². The van der Waals surface area contributed by atoms with E-state index in [1.54, 1.807) is 18.2 Å². The summed E-state index contributed by atoms with van der Waals surface area (Å²) in [5, 5.41) is 12.1. The lowest BCUT2D eigenvalue weighted by molar-refractivity contribution is 0.102. The minimum absolute atomic E-state index is 0.251. The van der Waals surface area contributed by atoms with Crippen molar-refractivity contribution in [3.05, 3.63) is 63.3 Å². The number of aryl methyl sites for hydroxylation is 1. The average molecular weight is 446 g/mol. The van der Waals surface area contributed by atoms with Crippen LogP contribution in [0.4, 0.5) is 5.69 Å². The highest BCUT2D eigenvalue weighted by Gasteiger charge is 2.17. The molecule has 1 aliphatic heterocycles. The van der Waals surface area contributed by atoms with Gasteiger partial charge in [0.2, 0.25) is 0 Å². The largest absolute Gasteiger partial charge is 0.322 e. The van der Waals surface area contributed by atoms with E-state index in [0.717, 1.165) is 47.5 Å². The van der Waals surface area contributed by atoms with Gasteiger partial charge in [-0.05, 0) is 43.2 Å². The minimum atomic E-state index is -0.251. The summed E-state index contributed by atoms with van der Waals surface area (Å²) in [7, 11) is 0. The summed E-state index contributed by atoms with van der Waals surface area (Å²) in [5.41, 5.74) is 2.06. The lowest BCUT2D eigenvalue weighted by atomic mass is 10.1. The molecular formula is C20H18BrClN4O. The molecule has 1 aromatic heterocycles. The Bertz CT molecular complexity index is 1000. The molecule has 1 aliphatic rings. The first-order valence-corrected chi connectivity index (χ1v) is 10.1. The average Bonchev–Trinajstić information content (AvgIpc) is 2.92. The molecule has 2 aromatic carbocycles. The quantitative estimate of drug-likeness (QED) is 0.592. The van der Waals surface area contributed by atoms with E-state index in [2.05, 4.69) is 36.0 Å². The summed E-state index contributed by atoms with van der Waals surface area (Å²) in [4.78, 5) is 12.6. The van der Waals surface area contributed by atoms with Gasteiger partial charge in [-0.2, -0.15) is 0 Å². The molecule has 4 rings (SSSR count). The molecule has 7 heteroatoms. The van der Waals surface area contributed by atoms with Gasteiger partial charge in [0.05, 0.1) is 10.6 Å². The molecule has 0 fully saturated rings. The van der Waals surface area contributed by atoms with Crippen molar-refractivity contribution in [3.63, 3.8) is 0 Å². The summed E-state index contributed by atoms with van der Waals surface area (Å²) >= 11 is 9.53. The molecule has 1 N–H and O–H groups in total. The predicted molar refractivity (Wildman–Crippen MR) is 110 cm³/mol. The fourth-order valence-corrected chi connectivity index (χ4v) is 3.87. The molecule has 2 heterocycles. The van der Waals surface area contributed by atoms with E-state index in [1.807, 2.05) is 24.3 Å². The van der Waals surface area contributed by atoms with Crippen molar-refractivity contribution >= 4 is 39.1 Å². The second-order valence-electron chi connectivity index (χ2n) is 6.56. The number of amides is 1. The maximum Gasteiger partial charge on any atom is 0.257 e. The summed E-state index contributed by atoms with van der Waals surface area (Å²) in [6, 6.07) is 12.9. The fourth-order valence-electron chi connectivity index (χ4n) is 3.30. The Morgan fingerprint density at radius 1 is 1.11 bits per heavy atom. The molecule has 0 saturated heterocycles. The van der Waals surface area contributed by atoms with E-state index in [9.17, 15) is 4.79 Å². The number of aromatic nitrogens is 3. The number of carbonyl (C=O) groups excluding carboxylic acids is 1. The smallest absolute Gasteiger partial charge is 0.257 e. The molecule has 0 bridgehead atoms. The summed E-state index contributed by atoms with van der Waals surface area (Å²) in [6.07, 6.45) is 4.47. The number of benzene rings is 2. The Morgan fingerprint density at radius 3 is 2.89 bits per heavy atom. The van der Waals surface area contributed by atoms with Crippen molar-refractivity contribution in [2.45, 2.75) is 32.2 Å². The van der Waals surface area contributed by atoms with Crippen LogP contribution in [-0.2, 0) is 13.0 Å². The monoisotopic (exact) mass is 444 g/mol. The molecule has 3 aromatic rings. The maximum absolute atomic E-state index is 12.6. The van der Waals surface area contributed by atoms with Gasteiger partial charge in [0.15, 0.2) is 5.82 Å². The SMILES string of the molecule is O=C(Nc1cccc(-c2nnc3n2CCCCC3)c1)c1cc(Br)ccc1Cl.